The van der Waals surface area contributed by atoms with E-state index < -0.39 is 15.8 Å². The minimum atomic E-state index is -3.75. The highest BCUT2D eigenvalue weighted by atomic mass is 35.5. The van der Waals surface area contributed by atoms with Gasteiger partial charge in [-0.1, -0.05) is 6.07 Å². The van der Waals surface area contributed by atoms with Crippen LogP contribution >= 0.6 is 12.4 Å². The first kappa shape index (κ1) is 15.4. The Morgan fingerprint density at radius 2 is 2.11 bits per heavy atom. The first-order valence-corrected chi connectivity index (χ1v) is 6.87. The second-order valence-electron chi connectivity index (χ2n) is 4.35. The molecule has 0 aromatic heterocycles. The number of nitrogens with zero attached hydrogens (tertiary/aromatic N) is 1. The summed E-state index contributed by atoms with van der Waals surface area (Å²) in [5.41, 5.74) is 6.38. The molecule has 0 saturated carbocycles. The molecule has 7 heteroatoms. The quantitative estimate of drug-likeness (QED) is 0.894. The molecule has 0 amide bonds. The lowest BCUT2D eigenvalue weighted by Crippen LogP contribution is -2.32. The molecule has 1 aliphatic heterocycles. The van der Waals surface area contributed by atoms with E-state index in [0.29, 0.717) is 18.5 Å². The highest BCUT2D eigenvalue weighted by Gasteiger charge is 2.32. The number of nitrogens with two attached hydrogens (primary N) is 1. The van der Waals surface area contributed by atoms with E-state index in [1.807, 2.05) is 0 Å². The van der Waals surface area contributed by atoms with Crippen LogP contribution < -0.4 is 5.73 Å². The van der Waals surface area contributed by atoms with Crippen molar-refractivity contribution >= 4 is 22.4 Å². The maximum absolute atomic E-state index is 13.6. The zero-order chi connectivity index (χ0) is 12.6. The van der Waals surface area contributed by atoms with E-state index in [2.05, 4.69) is 0 Å². The van der Waals surface area contributed by atoms with E-state index in [1.165, 1.54) is 16.4 Å². The molecule has 1 aromatic carbocycles. The lowest BCUT2D eigenvalue weighted by Gasteiger charge is -2.16. The fraction of sp³-hybridized carbons (Fsp3) is 0.455. The molecule has 1 aromatic rings. The molecular formula is C11H16ClFN2O2S. The molecule has 1 aliphatic rings. The minimum absolute atomic E-state index is 0. The third-order valence-corrected chi connectivity index (χ3v) is 4.77. The molecule has 1 fully saturated rings. The maximum Gasteiger partial charge on any atom is 0.246 e. The molecule has 2 N–H and O–H groups in total. The Balaban J connectivity index is 0.00000162. The van der Waals surface area contributed by atoms with Gasteiger partial charge in [0.25, 0.3) is 0 Å². The Morgan fingerprint density at radius 3 is 2.67 bits per heavy atom. The van der Waals surface area contributed by atoms with Gasteiger partial charge in [-0.25, -0.2) is 12.8 Å². The summed E-state index contributed by atoms with van der Waals surface area (Å²) >= 11 is 0. The molecule has 102 valence electrons. The third kappa shape index (κ3) is 2.83. The molecule has 0 bridgehead atoms. The molecule has 2 rings (SSSR count). The fourth-order valence-electron chi connectivity index (χ4n) is 1.92. The summed E-state index contributed by atoms with van der Waals surface area (Å²) in [5, 5.41) is 0. The van der Waals surface area contributed by atoms with Crippen LogP contribution in [0.1, 0.15) is 12.0 Å². The molecular weight excluding hydrogens is 279 g/mol. The predicted octanol–water partition coefficient (Wildman–Crippen LogP) is 1.28. The van der Waals surface area contributed by atoms with Gasteiger partial charge in [-0.3, -0.25) is 0 Å². The number of halogens is 2. The molecule has 0 radical (unpaired) electrons. The number of benzene rings is 1. The lowest BCUT2D eigenvalue weighted by molar-refractivity contribution is 0.465. The normalized spacial score (nSPS) is 20.7. The predicted molar refractivity (Wildman–Crippen MR) is 69.7 cm³/mol. The van der Waals surface area contributed by atoms with Crippen LogP contribution in [0.15, 0.2) is 23.1 Å². The average Bonchev–Trinajstić information content (AvgIpc) is 2.69. The van der Waals surface area contributed by atoms with E-state index in [1.54, 1.807) is 13.0 Å². The van der Waals surface area contributed by atoms with Crippen molar-refractivity contribution in [2.45, 2.75) is 24.3 Å². The summed E-state index contributed by atoms with van der Waals surface area (Å²) in [7, 11) is -3.75. The fourth-order valence-corrected chi connectivity index (χ4v) is 3.58. The molecule has 1 atom stereocenters. The number of sulfonamides is 1. The Hall–Kier alpha value is -0.690. The van der Waals surface area contributed by atoms with Crippen LogP contribution in [0, 0.1) is 12.7 Å². The minimum Gasteiger partial charge on any atom is -0.326 e. The highest BCUT2D eigenvalue weighted by molar-refractivity contribution is 7.89. The van der Waals surface area contributed by atoms with Gasteiger partial charge in [0.1, 0.15) is 10.7 Å². The summed E-state index contributed by atoms with van der Waals surface area (Å²) in [6.07, 6.45) is 0.618. The Morgan fingerprint density at radius 1 is 1.44 bits per heavy atom. The van der Waals surface area contributed by atoms with Gasteiger partial charge >= 0.3 is 0 Å². The standard InChI is InChI=1S/C11H15FN2O2S.ClH/c1-8-2-3-10(12)11(6-8)17(15,16)14-5-4-9(13)7-14;/h2-3,6,9H,4-5,7,13H2,1H3;1H/t9-;/m0./s1. The van der Waals surface area contributed by atoms with E-state index >= 15 is 0 Å². The van der Waals surface area contributed by atoms with Crippen LogP contribution in [0.4, 0.5) is 4.39 Å². The van der Waals surface area contributed by atoms with Gasteiger partial charge in [0, 0.05) is 19.1 Å². The van der Waals surface area contributed by atoms with Gasteiger partial charge in [0.15, 0.2) is 0 Å². The molecule has 0 aliphatic carbocycles. The molecule has 18 heavy (non-hydrogen) atoms. The van der Waals surface area contributed by atoms with Gasteiger partial charge in [-0.15, -0.1) is 12.4 Å². The zero-order valence-corrected chi connectivity index (χ0v) is 11.6. The first-order valence-electron chi connectivity index (χ1n) is 5.43. The molecule has 0 spiro atoms. The first-order chi connectivity index (χ1) is 7.91. The van der Waals surface area contributed by atoms with E-state index in [4.69, 9.17) is 5.73 Å². The summed E-state index contributed by atoms with van der Waals surface area (Å²) in [6, 6.07) is 3.93. The Labute approximate surface area is 112 Å². The van der Waals surface area contributed by atoms with Crippen molar-refractivity contribution < 1.29 is 12.8 Å². The Kier molecular flexibility index (Phi) is 4.72. The van der Waals surface area contributed by atoms with E-state index in [9.17, 15) is 12.8 Å². The third-order valence-electron chi connectivity index (χ3n) is 2.89. The summed E-state index contributed by atoms with van der Waals surface area (Å²) in [5.74, 6) is -0.712. The van der Waals surface area contributed by atoms with Crippen molar-refractivity contribution in [3.8, 4) is 0 Å². The smallest absolute Gasteiger partial charge is 0.246 e. The van der Waals surface area contributed by atoms with Crippen LogP contribution in [0.5, 0.6) is 0 Å². The molecule has 1 saturated heterocycles. The second kappa shape index (κ2) is 5.52. The second-order valence-corrected chi connectivity index (χ2v) is 6.25. The summed E-state index contributed by atoms with van der Waals surface area (Å²) in [6.45, 7) is 2.35. The highest BCUT2D eigenvalue weighted by Crippen LogP contribution is 2.23. The van der Waals surface area contributed by atoms with Gasteiger partial charge in [0.05, 0.1) is 0 Å². The van der Waals surface area contributed by atoms with Crippen molar-refractivity contribution in [3.63, 3.8) is 0 Å². The van der Waals surface area contributed by atoms with Gasteiger partial charge in [-0.05, 0) is 31.0 Å². The molecule has 0 unspecified atom stereocenters. The average molecular weight is 295 g/mol. The van der Waals surface area contributed by atoms with E-state index in [0.717, 1.165) is 0 Å². The van der Waals surface area contributed by atoms with Gasteiger partial charge < -0.3 is 5.73 Å². The SMILES string of the molecule is Cc1ccc(F)c(S(=O)(=O)N2CC[C@H](N)C2)c1.Cl. The molecule has 4 nitrogen and oxygen atoms in total. The summed E-state index contributed by atoms with van der Waals surface area (Å²) < 4.78 is 39.2. The zero-order valence-electron chi connectivity index (χ0n) is 9.97. The van der Waals surface area contributed by atoms with Crippen molar-refractivity contribution in [2.75, 3.05) is 13.1 Å². The number of rotatable bonds is 2. The van der Waals surface area contributed by atoms with Crippen molar-refractivity contribution in [2.24, 2.45) is 5.73 Å². The van der Waals surface area contributed by atoms with Crippen LogP contribution in [0.3, 0.4) is 0 Å². The number of aryl methyl sites for hydroxylation is 1. The van der Waals surface area contributed by atoms with Crippen LogP contribution in [0.2, 0.25) is 0 Å². The maximum atomic E-state index is 13.6. The van der Waals surface area contributed by atoms with Crippen LogP contribution in [-0.2, 0) is 10.0 Å². The summed E-state index contributed by atoms with van der Waals surface area (Å²) in [4.78, 5) is -0.258. The van der Waals surface area contributed by atoms with E-state index in [-0.39, 0.29) is 29.9 Å². The van der Waals surface area contributed by atoms with Gasteiger partial charge in [0.2, 0.25) is 10.0 Å². The topological polar surface area (TPSA) is 63.4 Å². The largest absolute Gasteiger partial charge is 0.326 e. The van der Waals surface area contributed by atoms with Crippen LogP contribution in [-0.4, -0.2) is 31.9 Å². The van der Waals surface area contributed by atoms with Crippen molar-refractivity contribution in [1.29, 1.82) is 0 Å². The van der Waals surface area contributed by atoms with Crippen LogP contribution in [0.25, 0.3) is 0 Å². The van der Waals surface area contributed by atoms with Crippen molar-refractivity contribution in [3.05, 3.63) is 29.6 Å². The Bertz CT molecular complexity index is 536. The van der Waals surface area contributed by atoms with Crippen molar-refractivity contribution in [1.82, 2.24) is 4.31 Å². The monoisotopic (exact) mass is 294 g/mol. The lowest BCUT2D eigenvalue weighted by atomic mass is 10.2. The number of hydrogen-bond donors (Lipinski definition) is 1. The van der Waals surface area contributed by atoms with Gasteiger partial charge in [-0.2, -0.15) is 4.31 Å². The molecule has 1 heterocycles. The number of hydrogen-bond acceptors (Lipinski definition) is 3.